The molecule has 0 saturated carbocycles. The van der Waals surface area contributed by atoms with Gasteiger partial charge in [-0.05, 0) is 42.3 Å². The maximum absolute atomic E-state index is 13.1. The summed E-state index contributed by atoms with van der Waals surface area (Å²) in [5.41, 5.74) is 1.50. The molecule has 0 bridgehead atoms. The zero-order chi connectivity index (χ0) is 24.6. The molecule has 9 heteroatoms. The Hall–Kier alpha value is -3.49. The van der Waals surface area contributed by atoms with Gasteiger partial charge in [-0.15, -0.1) is 0 Å². The van der Waals surface area contributed by atoms with E-state index in [1.807, 2.05) is 23.2 Å². The first-order chi connectivity index (χ1) is 16.8. The number of ether oxygens (including phenoxy) is 1. The van der Waals surface area contributed by atoms with Crippen LogP contribution in [0.5, 0.6) is 5.75 Å². The number of aryl methyl sites for hydroxylation is 1. The second kappa shape index (κ2) is 9.28. The molecular formula is C26H27F3N4O2. The highest BCUT2D eigenvalue weighted by Crippen LogP contribution is 2.33. The molecule has 2 aliphatic rings. The predicted molar refractivity (Wildman–Crippen MR) is 126 cm³/mol. The van der Waals surface area contributed by atoms with Crippen molar-refractivity contribution in [2.45, 2.75) is 31.5 Å². The Morgan fingerprint density at radius 2 is 1.83 bits per heavy atom. The topological polar surface area (TPSA) is 50.6 Å². The number of anilines is 1. The van der Waals surface area contributed by atoms with Crippen LogP contribution in [0.15, 0.2) is 54.7 Å². The maximum Gasteiger partial charge on any atom is 0.416 e. The third kappa shape index (κ3) is 4.85. The van der Waals surface area contributed by atoms with E-state index in [4.69, 9.17) is 4.74 Å². The molecule has 35 heavy (non-hydrogen) atoms. The van der Waals surface area contributed by atoms with E-state index >= 15 is 0 Å². The number of rotatable bonds is 4. The fourth-order valence-corrected chi connectivity index (χ4v) is 4.92. The van der Waals surface area contributed by atoms with Crippen LogP contribution < -0.4 is 9.64 Å². The number of piperazine rings is 1. The monoisotopic (exact) mass is 484 g/mol. The fraction of sp³-hybridized carbons (Fsp3) is 0.385. The van der Waals surface area contributed by atoms with Crippen LogP contribution in [0.4, 0.5) is 18.9 Å². The summed E-state index contributed by atoms with van der Waals surface area (Å²) >= 11 is 0. The molecule has 0 N–H and O–H groups in total. The van der Waals surface area contributed by atoms with Gasteiger partial charge in [0, 0.05) is 56.9 Å². The molecule has 5 rings (SSSR count). The summed E-state index contributed by atoms with van der Waals surface area (Å²) in [5.74, 6) is 1.94. The van der Waals surface area contributed by atoms with Gasteiger partial charge in [-0.3, -0.25) is 4.79 Å². The first-order valence-electron chi connectivity index (χ1n) is 11.7. The maximum atomic E-state index is 13.1. The van der Waals surface area contributed by atoms with Gasteiger partial charge < -0.3 is 19.1 Å². The van der Waals surface area contributed by atoms with Gasteiger partial charge >= 0.3 is 6.18 Å². The van der Waals surface area contributed by atoms with Crippen LogP contribution in [0.25, 0.3) is 0 Å². The second-order valence-electron chi connectivity index (χ2n) is 9.03. The van der Waals surface area contributed by atoms with Crippen LogP contribution in [0, 0.1) is 0 Å². The zero-order valence-electron chi connectivity index (χ0n) is 19.5. The number of imidazole rings is 1. The third-order valence-electron chi connectivity index (χ3n) is 6.88. The molecule has 184 valence electrons. The van der Waals surface area contributed by atoms with Crippen molar-refractivity contribution in [3.8, 4) is 5.75 Å². The summed E-state index contributed by atoms with van der Waals surface area (Å²) < 4.78 is 46.6. The van der Waals surface area contributed by atoms with Gasteiger partial charge in [0.2, 0.25) is 0 Å². The van der Waals surface area contributed by atoms with Gasteiger partial charge in [-0.2, -0.15) is 13.2 Å². The van der Waals surface area contributed by atoms with E-state index in [-0.39, 0.29) is 5.91 Å². The van der Waals surface area contributed by atoms with Gasteiger partial charge in [0.1, 0.15) is 17.3 Å². The Bertz CT molecular complexity index is 1220. The fourth-order valence-electron chi connectivity index (χ4n) is 4.92. The lowest BCUT2D eigenvalue weighted by Crippen LogP contribution is -2.49. The molecule has 1 unspecified atom stereocenters. The number of carbonyl (C=O) groups excluding carboxylic acids is 1. The Labute approximate surface area is 201 Å². The van der Waals surface area contributed by atoms with Crippen LogP contribution in [0.3, 0.4) is 0 Å². The molecule has 1 saturated heterocycles. The summed E-state index contributed by atoms with van der Waals surface area (Å²) in [4.78, 5) is 21.4. The summed E-state index contributed by atoms with van der Waals surface area (Å²) in [6.45, 7) is 2.57. The number of hydrogen-bond acceptors (Lipinski definition) is 4. The number of nitrogens with zero attached hydrogens (tertiary/aromatic N) is 4. The highest BCUT2D eigenvalue weighted by atomic mass is 19.4. The van der Waals surface area contributed by atoms with E-state index < -0.39 is 11.7 Å². The first kappa shape index (κ1) is 23.3. The Morgan fingerprint density at radius 1 is 1.06 bits per heavy atom. The SMILES string of the molecule is COc1cccc(C2CCc3nc(C(=O)N4CCN(c5cccc(C(F)(F)F)c5)CC4)cn3C2)c1. The molecule has 0 aliphatic carbocycles. The van der Waals surface area contributed by atoms with Crippen LogP contribution in [0.2, 0.25) is 0 Å². The lowest BCUT2D eigenvalue weighted by Gasteiger charge is -2.36. The predicted octanol–water partition coefficient (Wildman–Crippen LogP) is 4.60. The Kier molecular flexibility index (Phi) is 6.17. The average molecular weight is 485 g/mol. The van der Waals surface area contributed by atoms with E-state index in [0.717, 1.165) is 37.0 Å². The zero-order valence-corrected chi connectivity index (χ0v) is 19.5. The van der Waals surface area contributed by atoms with E-state index in [1.54, 1.807) is 18.1 Å². The van der Waals surface area contributed by atoms with Gasteiger partial charge in [0.25, 0.3) is 5.91 Å². The second-order valence-corrected chi connectivity index (χ2v) is 9.03. The van der Waals surface area contributed by atoms with Crippen LogP contribution in [0.1, 0.15) is 39.8 Å². The molecule has 2 aliphatic heterocycles. The summed E-state index contributed by atoms with van der Waals surface area (Å²) in [7, 11) is 1.66. The van der Waals surface area contributed by atoms with E-state index in [1.165, 1.54) is 17.7 Å². The highest BCUT2D eigenvalue weighted by Gasteiger charge is 2.32. The van der Waals surface area contributed by atoms with Gasteiger partial charge in [-0.25, -0.2) is 4.98 Å². The van der Waals surface area contributed by atoms with Crippen molar-refractivity contribution in [2.24, 2.45) is 0 Å². The molecular weight excluding hydrogens is 457 g/mol. The van der Waals surface area contributed by atoms with Crippen molar-refractivity contribution >= 4 is 11.6 Å². The molecule has 1 aromatic heterocycles. The lowest BCUT2D eigenvalue weighted by atomic mass is 9.91. The number of alkyl halides is 3. The molecule has 2 aromatic carbocycles. The largest absolute Gasteiger partial charge is 0.497 e. The average Bonchev–Trinajstić information content (AvgIpc) is 3.31. The number of benzene rings is 2. The standard InChI is InChI=1S/C26H27F3N4O2/c1-35-22-7-2-4-18(14-22)19-8-9-24-30-23(17-33(24)16-19)25(34)32-12-10-31(11-13-32)21-6-3-5-20(15-21)26(27,28)29/h2-7,14-15,17,19H,8-13,16H2,1H3. The van der Waals surface area contributed by atoms with Crippen LogP contribution in [-0.4, -0.2) is 53.6 Å². The van der Waals surface area contributed by atoms with Crippen molar-refractivity contribution in [2.75, 3.05) is 38.2 Å². The Balaban J connectivity index is 1.23. The lowest BCUT2D eigenvalue weighted by molar-refractivity contribution is -0.137. The Morgan fingerprint density at radius 3 is 2.57 bits per heavy atom. The highest BCUT2D eigenvalue weighted by molar-refractivity contribution is 5.92. The number of carbonyl (C=O) groups is 1. The summed E-state index contributed by atoms with van der Waals surface area (Å²) in [5, 5.41) is 0. The number of aromatic nitrogens is 2. The van der Waals surface area contributed by atoms with Crippen LogP contribution in [-0.2, 0) is 19.1 Å². The molecule has 1 atom stereocenters. The summed E-state index contributed by atoms with van der Waals surface area (Å²) in [6, 6.07) is 13.4. The molecule has 1 fully saturated rings. The number of methoxy groups -OCH3 is 1. The smallest absolute Gasteiger partial charge is 0.416 e. The minimum atomic E-state index is -4.38. The minimum Gasteiger partial charge on any atom is -0.497 e. The minimum absolute atomic E-state index is 0.131. The third-order valence-corrected chi connectivity index (χ3v) is 6.88. The van der Waals surface area contributed by atoms with Gasteiger partial charge in [0.15, 0.2) is 0 Å². The normalized spacial score (nSPS) is 18.3. The van der Waals surface area contributed by atoms with Crippen molar-refractivity contribution in [1.82, 2.24) is 14.5 Å². The molecule has 3 heterocycles. The quantitative estimate of drug-likeness (QED) is 0.543. The number of halogens is 3. The molecule has 0 spiro atoms. The van der Waals surface area contributed by atoms with Crippen LogP contribution >= 0.6 is 0 Å². The van der Waals surface area contributed by atoms with E-state index in [2.05, 4.69) is 21.7 Å². The molecule has 3 aromatic rings. The van der Waals surface area contributed by atoms with Crippen molar-refractivity contribution in [3.05, 3.63) is 77.4 Å². The van der Waals surface area contributed by atoms with E-state index in [0.29, 0.717) is 43.5 Å². The first-order valence-corrected chi connectivity index (χ1v) is 11.7. The van der Waals surface area contributed by atoms with Crippen molar-refractivity contribution < 1.29 is 22.7 Å². The van der Waals surface area contributed by atoms with Crippen molar-refractivity contribution in [1.29, 1.82) is 0 Å². The van der Waals surface area contributed by atoms with E-state index in [9.17, 15) is 18.0 Å². The molecule has 1 amide bonds. The molecule has 6 nitrogen and oxygen atoms in total. The number of fused-ring (bicyclic) bond motifs is 1. The summed E-state index contributed by atoms with van der Waals surface area (Å²) in [6.07, 6.45) is -0.797. The van der Waals surface area contributed by atoms with Gasteiger partial charge in [-0.1, -0.05) is 18.2 Å². The van der Waals surface area contributed by atoms with Crippen molar-refractivity contribution in [3.63, 3.8) is 0 Å². The molecule has 0 radical (unpaired) electrons. The number of hydrogen-bond donors (Lipinski definition) is 0. The number of amides is 1. The van der Waals surface area contributed by atoms with Gasteiger partial charge in [0.05, 0.1) is 12.7 Å².